The highest BCUT2D eigenvalue weighted by molar-refractivity contribution is 6.03. The van der Waals surface area contributed by atoms with Crippen molar-refractivity contribution in [2.45, 2.75) is 18.4 Å². The summed E-state index contributed by atoms with van der Waals surface area (Å²) in [7, 11) is 1.46. The van der Waals surface area contributed by atoms with E-state index in [9.17, 15) is 14.4 Å². The highest BCUT2D eigenvalue weighted by Gasteiger charge is 2.55. The SMILES string of the molecule is CN(C(=O)c1ccccc1C=O)C1(C(=O)O)CC1. The molecular weight excluding hydrogens is 234 g/mol. The predicted octanol–water partition coefficient (Wildman–Crippen LogP) is 1.19. The summed E-state index contributed by atoms with van der Waals surface area (Å²) < 4.78 is 0. The lowest BCUT2D eigenvalue weighted by Crippen LogP contribution is -2.44. The molecule has 0 radical (unpaired) electrons. The molecule has 0 saturated heterocycles. The van der Waals surface area contributed by atoms with E-state index in [0.29, 0.717) is 19.1 Å². The number of carbonyl (C=O) groups is 3. The van der Waals surface area contributed by atoms with Gasteiger partial charge in [0, 0.05) is 12.6 Å². The summed E-state index contributed by atoms with van der Waals surface area (Å²) in [6, 6.07) is 6.37. The number of hydrogen-bond donors (Lipinski definition) is 1. The Bertz CT molecular complexity index is 519. The third kappa shape index (κ3) is 1.77. The van der Waals surface area contributed by atoms with Gasteiger partial charge in [-0.05, 0) is 18.9 Å². The van der Waals surface area contributed by atoms with Gasteiger partial charge in [0.25, 0.3) is 5.91 Å². The van der Waals surface area contributed by atoms with E-state index >= 15 is 0 Å². The van der Waals surface area contributed by atoms with Crippen LogP contribution in [0.3, 0.4) is 0 Å². The van der Waals surface area contributed by atoms with E-state index in [0.717, 1.165) is 0 Å². The Balaban J connectivity index is 2.32. The minimum absolute atomic E-state index is 0.238. The van der Waals surface area contributed by atoms with Gasteiger partial charge in [0.15, 0.2) is 6.29 Å². The summed E-state index contributed by atoms with van der Waals surface area (Å²) >= 11 is 0. The maximum absolute atomic E-state index is 12.2. The summed E-state index contributed by atoms with van der Waals surface area (Å²) in [5.41, 5.74) is -0.578. The van der Waals surface area contributed by atoms with Crippen molar-refractivity contribution in [2.24, 2.45) is 0 Å². The van der Waals surface area contributed by atoms with Crippen LogP contribution in [0, 0.1) is 0 Å². The van der Waals surface area contributed by atoms with Crippen LogP contribution < -0.4 is 0 Å². The smallest absolute Gasteiger partial charge is 0.329 e. The number of carbonyl (C=O) groups excluding carboxylic acids is 2. The Morgan fingerprint density at radius 2 is 1.94 bits per heavy atom. The molecule has 0 aromatic heterocycles. The van der Waals surface area contributed by atoms with Crippen molar-refractivity contribution in [3.05, 3.63) is 35.4 Å². The number of nitrogens with zero attached hydrogens (tertiary/aromatic N) is 1. The Hall–Kier alpha value is -2.17. The third-order valence-electron chi connectivity index (χ3n) is 3.39. The lowest BCUT2D eigenvalue weighted by molar-refractivity contribution is -0.143. The van der Waals surface area contributed by atoms with E-state index in [1.54, 1.807) is 12.1 Å². The topological polar surface area (TPSA) is 74.7 Å². The van der Waals surface area contributed by atoms with Gasteiger partial charge < -0.3 is 10.0 Å². The molecule has 0 spiro atoms. The Morgan fingerprint density at radius 1 is 1.33 bits per heavy atom. The van der Waals surface area contributed by atoms with Crippen LogP contribution in [-0.2, 0) is 4.79 Å². The molecule has 5 heteroatoms. The van der Waals surface area contributed by atoms with Gasteiger partial charge in [0.05, 0.1) is 5.56 Å². The van der Waals surface area contributed by atoms with Gasteiger partial charge in [-0.15, -0.1) is 0 Å². The summed E-state index contributed by atoms with van der Waals surface area (Å²) in [6.45, 7) is 0. The Labute approximate surface area is 104 Å². The standard InChI is InChI=1S/C13H13NO4/c1-14(13(6-7-13)12(17)18)11(16)10-5-3-2-4-9(10)8-15/h2-5,8H,6-7H2,1H3,(H,17,18). The van der Waals surface area contributed by atoms with Crippen molar-refractivity contribution in [1.29, 1.82) is 0 Å². The summed E-state index contributed by atoms with van der Waals surface area (Å²) in [5, 5.41) is 9.13. The highest BCUT2D eigenvalue weighted by atomic mass is 16.4. The normalized spacial score (nSPS) is 15.8. The van der Waals surface area contributed by atoms with Crippen molar-refractivity contribution in [3.8, 4) is 0 Å². The molecule has 0 aliphatic heterocycles. The number of amides is 1. The Kier molecular flexibility index (Phi) is 2.90. The first-order valence-electron chi connectivity index (χ1n) is 5.59. The van der Waals surface area contributed by atoms with E-state index in [4.69, 9.17) is 5.11 Å². The minimum atomic E-state index is -1.09. The van der Waals surface area contributed by atoms with Crippen LogP contribution in [0.4, 0.5) is 0 Å². The van der Waals surface area contributed by atoms with E-state index < -0.39 is 17.4 Å². The van der Waals surface area contributed by atoms with Crippen LogP contribution in [-0.4, -0.2) is 40.8 Å². The zero-order valence-electron chi connectivity index (χ0n) is 9.92. The molecule has 0 bridgehead atoms. The highest BCUT2D eigenvalue weighted by Crippen LogP contribution is 2.41. The molecule has 1 aliphatic rings. The Morgan fingerprint density at radius 3 is 2.44 bits per heavy atom. The van der Waals surface area contributed by atoms with Gasteiger partial charge in [-0.25, -0.2) is 4.79 Å². The molecule has 0 heterocycles. The molecule has 1 saturated carbocycles. The van der Waals surface area contributed by atoms with E-state index in [1.165, 1.54) is 24.1 Å². The maximum atomic E-state index is 12.2. The number of carboxylic acids is 1. The van der Waals surface area contributed by atoms with Crippen LogP contribution in [0.2, 0.25) is 0 Å². The molecule has 94 valence electrons. The number of rotatable bonds is 4. The van der Waals surface area contributed by atoms with Crippen molar-refractivity contribution in [2.75, 3.05) is 7.05 Å². The quantitative estimate of drug-likeness (QED) is 0.811. The van der Waals surface area contributed by atoms with Crippen molar-refractivity contribution < 1.29 is 19.5 Å². The number of aldehydes is 1. The fraction of sp³-hybridized carbons (Fsp3) is 0.308. The van der Waals surface area contributed by atoms with E-state index in [2.05, 4.69) is 0 Å². The lowest BCUT2D eigenvalue weighted by Gasteiger charge is -2.24. The molecule has 18 heavy (non-hydrogen) atoms. The van der Waals surface area contributed by atoms with Gasteiger partial charge in [-0.2, -0.15) is 0 Å². The monoisotopic (exact) mass is 247 g/mol. The van der Waals surface area contributed by atoms with Crippen LogP contribution >= 0.6 is 0 Å². The van der Waals surface area contributed by atoms with E-state index in [1.807, 2.05) is 0 Å². The molecule has 1 N–H and O–H groups in total. The fourth-order valence-electron chi connectivity index (χ4n) is 1.98. The maximum Gasteiger partial charge on any atom is 0.329 e. The summed E-state index contributed by atoms with van der Waals surface area (Å²) in [4.78, 5) is 35.5. The molecular formula is C13H13NO4. The average molecular weight is 247 g/mol. The fourth-order valence-corrected chi connectivity index (χ4v) is 1.98. The van der Waals surface area contributed by atoms with Gasteiger partial charge in [-0.1, -0.05) is 18.2 Å². The second kappa shape index (κ2) is 4.25. The van der Waals surface area contributed by atoms with Crippen LogP contribution in [0.25, 0.3) is 0 Å². The van der Waals surface area contributed by atoms with Crippen molar-refractivity contribution in [3.63, 3.8) is 0 Å². The first kappa shape index (κ1) is 12.3. The zero-order valence-corrected chi connectivity index (χ0v) is 9.92. The first-order chi connectivity index (χ1) is 8.53. The minimum Gasteiger partial charge on any atom is -0.479 e. The summed E-state index contributed by atoms with van der Waals surface area (Å²) in [5.74, 6) is -1.43. The molecule has 1 fully saturated rings. The lowest BCUT2D eigenvalue weighted by atomic mass is 10.1. The number of benzene rings is 1. The van der Waals surface area contributed by atoms with Crippen molar-refractivity contribution in [1.82, 2.24) is 4.90 Å². The molecule has 0 unspecified atom stereocenters. The van der Waals surface area contributed by atoms with Crippen LogP contribution in [0.1, 0.15) is 33.6 Å². The van der Waals surface area contributed by atoms with Crippen molar-refractivity contribution >= 4 is 18.2 Å². The number of likely N-dealkylation sites (N-methyl/N-ethyl adjacent to an activating group) is 1. The number of carboxylic acid groups (broad SMARTS) is 1. The van der Waals surface area contributed by atoms with Gasteiger partial charge in [0.2, 0.25) is 0 Å². The molecule has 2 rings (SSSR count). The number of hydrogen-bond acceptors (Lipinski definition) is 3. The van der Waals surface area contributed by atoms with Gasteiger partial charge >= 0.3 is 5.97 Å². The summed E-state index contributed by atoms with van der Waals surface area (Å²) in [6.07, 6.45) is 1.50. The van der Waals surface area contributed by atoms with E-state index in [-0.39, 0.29) is 11.1 Å². The van der Waals surface area contributed by atoms with Crippen LogP contribution in [0.15, 0.2) is 24.3 Å². The predicted molar refractivity (Wildman–Crippen MR) is 63.5 cm³/mol. The second-order valence-electron chi connectivity index (χ2n) is 4.41. The first-order valence-corrected chi connectivity index (χ1v) is 5.59. The largest absolute Gasteiger partial charge is 0.479 e. The number of aliphatic carboxylic acids is 1. The third-order valence-corrected chi connectivity index (χ3v) is 3.39. The zero-order chi connectivity index (χ0) is 13.3. The second-order valence-corrected chi connectivity index (χ2v) is 4.41. The molecule has 5 nitrogen and oxygen atoms in total. The average Bonchev–Trinajstić information content (AvgIpc) is 3.18. The molecule has 0 atom stereocenters. The molecule has 1 aliphatic carbocycles. The molecule has 1 aromatic carbocycles. The van der Waals surface area contributed by atoms with Gasteiger partial charge in [0.1, 0.15) is 5.54 Å². The van der Waals surface area contributed by atoms with Crippen LogP contribution in [0.5, 0.6) is 0 Å². The molecule has 1 aromatic rings. The van der Waals surface area contributed by atoms with Gasteiger partial charge in [-0.3, -0.25) is 9.59 Å². The molecule has 1 amide bonds.